The van der Waals surface area contributed by atoms with Crippen molar-refractivity contribution in [2.24, 2.45) is 17.1 Å². The maximum Gasteiger partial charge on any atom is 0.123 e. The van der Waals surface area contributed by atoms with Crippen LogP contribution in [0.3, 0.4) is 0 Å². The van der Waals surface area contributed by atoms with Gasteiger partial charge in [0.15, 0.2) is 0 Å². The zero-order valence-corrected chi connectivity index (χ0v) is 12.5. The normalized spacial score (nSPS) is 28.3. The molecule has 1 aromatic carbocycles. The van der Waals surface area contributed by atoms with Crippen LogP contribution in [0, 0.1) is 17.2 Å². The molecule has 2 rings (SSSR count). The summed E-state index contributed by atoms with van der Waals surface area (Å²) in [4.78, 5) is 0. The molecule has 0 amide bonds. The molecule has 1 aliphatic carbocycles. The van der Waals surface area contributed by atoms with Crippen LogP contribution in [0.5, 0.6) is 0 Å². The van der Waals surface area contributed by atoms with Crippen LogP contribution in [0.4, 0.5) is 4.39 Å². The Morgan fingerprint density at radius 2 is 2.28 bits per heavy atom. The van der Waals surface area contributed by atoms with Gasteiger partial charge in [-0.2, -0.15) is 0 Å². The summed E-state index contributed by atoms with van der Waals surface area (Å²) in [6.45, 7) is 2.99. The van der Waals surface area contributed by atoms with Gasteiger partial charge in [-0.1, -0.05) is 35.7 Å². The van der Waals surface area contributed by atoms with Crippen molar-refractivity contribution in [3.8, 4) is 0 Å². The highest BCUT2D eigenvalue weighted by Gasteiger charge is 2.34. The number of hydrogen-bond donors (Lipinski definition) is 1. The Hall–Kier alpha value is -0.410. The SMILES string of the molecule is CC1CCCC(CN)(Cc2cc(F)ccc2Br)C1. The van der Waals surface area contributed by atoms with Crippen molar-refractivity contribution >= 4 is 15.9 Å². The van der Waals surface area contributed by atoms with Crippen LogP contribution < -0.4 is 5.73 Å². The van der Waals surface area contributed by atoms with E-state index in [4.69, 9.17) is 5.73 Å². The first-order chi connectivity index (χ1) is 8.54. The quantitative estimate of drug-likeness (QED) is 0.885. The van der Waals surface area contributed by atoms with Crippen molar-refractivity contribution in [1.82, 2.24) is 0 Å². The summed E-state index contributed by atoms with van der Waals surface area (Å²) in [7, 11) is 0. The fraction of sp³-hybridized carbons (Fsp3) is 0.600. The summed E-state index contributed by atoms with van der Waals surface area (Å²) < 4.78 is 14.4. The lowest BCUT2D eigenvalue weighted by Crippen LogP contribution is -2.37. The molecule has 0 radical (unpaired) electrons. The highest BCUT2D eigenvalue weighted by atomic mass is 79.9. The van der Waals surface area contributed by atoms with Crippen LogP contribution in [0.2, 0.25) is 0 Å². The van der Waals surface area contributed by atoms with Crippen LogP contribution >= 0.6 is 15.9 Å². The molecule has 1 fully saturated rings. The smallest absolute Gasteiger partial charge is 0.123 e. The van der Waals surface area contributed by atoms with Crippen molar-refractivity contribution in [3.05, 3.63) is 34.1 Å². The molecule has 3 heteroatoms. The Labute approximate surface area is 117 Å². The van der Waals surface area contributed by atoms with Gasteiger partial charge in [0.25, 0.3) is 0 Å². The molecule has 1 aromatic rings. The van der Waals surface area contributed by atoms with Gasteiger partial charge in [0.2, 0.25) is 0 Å². The van der Waals surface area contributed by atoms with Crippen molar-refractivity contribution < 1.29 is 4.39 Å². The summed E-state index contributed by atoms with van der Waals surface area (Å²) in [5.41, 5.74) is 7.24. The molecule has 2 unspecified atom stereocenters. The number of rotatable bonds is 3. The summed E-state index contributed by atoms with van der Waals surface area (Å²) in [6, 6.07) is 4.92. The van der Waals surface area contributed by atoms with Crippen molar-refractivity contribution in [3.63, 3.8) is 0 Å². The van der Waals surface area contributed by atoms with E-state index in [1.807, 2.05) is 0 Å². The molecule has 0 spiro atoms. The molecular weight excluding hydrogens is 293 g/mol. The van der Waals surface area contributed by atoms with Crippen LogP contribution in [0.25, 0.3) is 0 Å². The molecule has 1 saturated carbocycles. The lowest BCUT2D eigenvalue weighted by Gasteiger charge is -2.39. The molecule has 0 aromatic heterocycles. The summed E-state index contributed by atoms with van der Waals surface area (Å²) in [6.07, 6.45) is 5.74. The van der Waals surface area contributed by atoms with E-state index in [0.717, 1.165) is 35.2 Å². The number of halogens is 2. The van der Waals surface area contributed by atoms with E-state index in [2.05, 4.69) is 22.9 Å². The summed E-state index contributed by atoms with van der Waals surface area (Å²) in [5, 5.41) is 0. The van der Waals surface area contributed by atoms with E-state index in [1.165, 1.54) is 18.9 Å². The van der Waals surface area contributed by atoms with Gasteiger partial charge in [0.1, 0.15) is 5.82 Å². The first-order valence-corrected chi connectivity index (χ1v) is 7.48. The van der Waals surface area contributed by atoms with Gasteiger partial charge in [0, 0.05) is 4.47 Å². The highest BCUT2D eigenvalue weighted by molar-refractivity contribution is 9.10. The van der Waals surface area contributed by atoms with Gasteiger partial charge >= 0.3 is 0 Å². The van der Waals surface area contributed by atoms with E-state index < -0.39 is 0 Å². The molecule has 2 atom stereocenters. The Morgan fingerprint density at radius 3 is 2.94 bits per heavy atom. The van der Waals surface area contributed by atoms with Crippen LogP contribution in [-0.2, 0) is 6.42 Å². The second kappa shape index (κ2) is 5.70. The Balaban J connectivity index is 2.21. The predicted octanol–water partition coefficient (Wildman–Crippen LogP) is 4.29. The molecule has 0 saturated heterocycles. The third-order valence-corrected chi connectivity index (χ3v) is 4.97. The van der Waals surface area contributed by atoms with Crippen molar-refractivity contribution in [2.75, 3.05) is 6.54 Å². The molecule has 0 aliphatic heterocycles. The van der Waals surface area contributed by atoms with Crippen molar-refractivity contribution in [2.45, 2.75) is 39.0 Å². The molecule has 1 nitrogen and oxygen atoms in total. The minimum Gasteiger partial charge on any atom is -0.330 e. The van der Waals surface area contributed by atoms with E-state index >= 15 is 0 Å². The van der Waals surface area contributed by atoms with E-state index in [9.17, 15) is 4.39 Å². The van der Waals surface area contributed by atoms with Crippen LogP contribution in [-0.4, -0.2) is 6.54 Å². The number of nitrogens with two attached hydrogens (primary N) is 1. The first-order valence-electron chi connectivity index (χ1n) is 6.69. The fourth-order valence-electron chi connectivity index (χ4n) is 3.27. The standard InChI is InChI=1S/C15H21BrFN/c1-11-3-2-6-15(8-11,10-18)9-12-7-13(17)4-5-14(12)16/h4-5,7,11H,2-3,6,8-10,18H2,1H3. The highest BCUT2D eigenvalue weighted by Crippen LogP contribution is 2.42. The lowest BCUT2D eigenvalue weighted by atomic mass is 9.67. The van der Waals surface area contributed by atoms with Gasteiger partial charge in [0.05, 0.1) is 0 Å². The first kappa shape index (κ1) is 14.0. The minimum atomic E-state index is -0.163. The van der Waals surface area contributed by atoms with Crippen LogP contribution in [0.1, 0.15) is 38.2 Å². The molecule has 100 valence electrons. The van der Waals surface area contributed by atoms with Crippen LogP contribution in [0.15, 0.2) is 22.7 Å². The van der Waals surface area contributed by atoms with E-state index in [-0.39, 0.29) is 11.2 Å². The average molecular weight is 314 g/mol. The molecular formula is C15H21BrFN. The molecule has 0 bridgehead atoms. The third kappa shape index (κ3) is 3.12. The zero-order valence-electron chi connectivity index (χ0n) is 10.9. The predicted molar refractivity (Wildman–Crippen MR) is 76.9 cm³/mol. The lowest BCUT2D eigenvalue weighted by molar-refractivity contribution is 0.153. The van der Waals surface area contributed by atoms with Crippen molar-refractivity contribution in [1.29, 1.82) is 0 Å². The Morgan fingerprint density at radius 1 is 1.50 bits per heavy atom. The van der Waals surface area contributed by atoms with E-state index in [0.29, 0.717) is 6.54 Å². The summed E-state index contributed by atoms with van der Waals surface area (Å²) >= 11 is 3.52. The topological polar surface area (TPSA) is 26.0 Å². The maximum absolute atomic E-state index is 13.4. The number of benzene rings is 1. The van der Waals surface area contributed by atoms with Gasteiger partial charge in [-0.3, -0.25) is 0 Å². The second-order valence-corrected chi connectivity index (χ2v) is 6.67. The Bertz CT molecular complexity index is 421. The average Bonchev–Trinajstić information content (AvgIpc) is 2.34. The summed E-state index contributed by atoms with van der Waals surface area (Å²) in [5.74, 6) is 0.568. The van der Waals surface area contributed by atoms with E-state index in [1.54, 1.807) is 12.1 Å². The van der Waals surface area contributed by atoms with Gasteiger partial charge in [-0.25, -0.2) is 4.39 Å². The molecule has 2 N–H and O–H groups in total. The maximum atomic E-state index is 13.4. The fourth-order valence-corrected chi connectivity index (χ4v) is 3.66. The zero-order chi connectivity index (χ0) is 13.2. The van der Waals surface area contributed by atoms with Gasteiger partial charge in [-0.05, 0) is 60.9 Å². The second-order valence-electron chi connectivity index (χ2n) is 5.82. The molecule has 18 heavy (non-hydrogen) atoms. The molecule has 1 aliphatic rings. The monoisotopic (exact) mass is 313 g/mol. The molecule has 0 heterocycles. The minimum absolute atomic E-state index is 0.161. The van der Waals surface area contributed by atoms with Gasteiger partial charge in [-0.15, -0.1) is 0 Å². The van der Waals surface area contributed by atoms with Gasteiger partial charge < -0.3 is 5.73 Å². The third-order valence-electron chi connectivity index (χ3n) is 4.19. The largest absolute Gasteiger partial charge is 0.330 e. The Kier molecular flexibility index (Phi) is 4.44. The number of hydrogen-bond acceptors (Lipinski definition) is 1.